The summed E-state index contributed by atoms with van der Waals surface area (Å²) in [6, 6.07) is 0. The normalized spacial score (nSPS) is 9.25. The van der Waals surface area contributed by atoms with Crippen LogP contribution in [-0.4, -0.2) is 42.2 Å². The third-order valence-electron chi connectivity index (χ3n) is 1.35. The Morgan fingerprint density at radius 2 is 1.38 bits per heavy atom. The van der Waals surface area contributed by atoms with Gasteiger partial charge in [-0.05, 0) is 12.8 Å². The van der Waals surface area contributed by atoms with Crippen LogP contribution in [0.5, 0.6) is 0 Å². The van der Waals surface area contributed by atoms with Gasteiger partial charge in [0.1, 0.15) is 0 Å². The lowest BCUT2D eigenvalue weighted by Gasteiger charge is -2.04. The Bertz CT molecular complexity index is 264. The molecular weight excluding hydrogens is 224 g/mol. The van der Waals surface area contributed by atoms with Crippen molar-refractivity contribution in [3.8, 4) is 0 Å². The third-order valence-corrected chi connectivity index (χ3v) is 1.35. The van der Waals surface area contributed by atoms with Crippen molar-refractivity contribution >= 4 is 23.9 Å². The lowest BCUT2D eigenvalue weighted by Crippen LogP contribution is -2.33. The molecule has 0 fully saturated rings. The number of unbranched alkanes of at least 4 members (excludes halogenated alkanes) is 1. The van der Waals surface area contributed by atoms with E-state index in [2.05, 4.69) is 9.47 Å². The Morgan fingerprint density at radius 1 is 0.938 bits per heavy atom. The van der Waals surface area contributed by atoms with Gasteiger partial charge in [0.05, 0.1) is 13.2 Å². The Kier molecular flexibility index (Phi) is 6.25. The number of carboxylic acids is 2. The number of hydrogen-bond acceptors (Lipinski definition) is 7. The number of ether oxygens (including phenoxy) is 2. The van der Waals surface area contributed by atoms with Crippen molar-refractivity contribution in [2.24, 2.45) is 0 Å². The number of carboxylic acid groups (broad SMARTS) is 2. The molecule has 0 heterocycles. The van der Waals surface area contributed by atoms with Crippen LogP contribution in [0.1, 0.15) is 12.8 Å². The number of carbonyl (C=O) groups excluding carboxylic acids is 3. The lowest BCUT2D eigenvalue weighted by atomic mass is 10.3. The number of carbonyl (C=O) groups is 4. The fraction of sp³-hybridized carbons (Fsp3) is 0.500. The van der Waals surface area contributed by atoms with Crippen molar-refractivity contribution in [1.82, 2.24) is 0 Å². The quantitative estimate of drug-likeness (QED) is 0.318. The highest BCUT2D eigenvalue weighted by Crippen LogP contribution is 1.92. The summed E-state index contributed by atoms with van der Waals surface area (Å²) in [6.07, 6.45) is 0.491. The molecule has 0 rings (SSSR count). The molecule has 0 atom stereocenters. The van der Waals surface area contributed by atoms with Crippen LogP contribution in [0.3, 0.4) is 0 Å². The molecule has 90 valence electrons. The molecule has 8 heteroatoms. The third kappa shape index (κ3) is 6.35. The van der Waals surface area contributed by atoms with Crippen LogP contribution >= 0.6 is 0 Å². The van der Waals surface area contributed by atoms with E-state index < -0.39 is 23.9 Å². The smallest absolute Gasteiger partial charge is 0.417 e. The van der Waals surface area contributed by atoms with E-state index in [-0.39, 0.29) is 26.1 Å². The SMILES string of the molecule is O=C([O-])C(=O)OCCCCOC(=O)C(=O)O. The zero-order valence-electron chi connectivity index (χ0n) is 8.13. The van der Waals surface area contributed by atoms with Gasteiger partial charge in [0.2, 0.25) is 0 Å². The second kappa shape index (κ2) is 7.21. The minimum absolute atomic E-state index is 0.145. The van der Waals surface area contributed by atoms with E-state index in [1.807, 2.05) is 0 Å². The molecule has 1 N–H and O–H groups in total. The van der Waals surface area contributed by atoms with E-state index in [1.165, 1.54) is 0 Å². The first-order chi connectivity index (χ1) is 7.45. The molecule has 0 aromatic rings. The molecule has 0 aliphatic carbocycles. The summed E-state index contributed by atoms with van der Waals surface area (Å²) in [6.45, 7) is -0.314. The molecule has 16 heavy (non-hydrogen) atoms. The van der Waals surface area contributed by atoms with Crippen LogP contribution in [0.25, 0.3) is 0 Å². The Hall–Kier alpha value is -2.12. The molecule has 0 bridgehead atoms. The first-order valence-electron chi connectivity index (χ1n) is 4.23. The second-order valence-electron chi connectivity index (χ2n) is 2.57. The maximum Gasteiger partial charge on any atom is 0.417 e. The molecular formula is C8H9O8-. The van der Waals surface area contributed by atoms with Crippen LogP contribution in [-0.2, 0) is 28.7 Å². The Balaban J connectivity index is 3.41. The van der Waals surface area contributed by atoms with Gasteiger partial charge in [0.25, 0.3) is 0 Å². The molecule has 8 nitrogen and oxygen atoms in total. The van der Waals surface area contributed by atoms with E-state index in [0.29, 0.717) is 0 Å². The van der Waals surface area contributed by atoms with Crippen molar-refractivity contribution in [3.63, 3.8) is 0 Å². The van der Waals surface area contributed by atoms with Crippen molar-refractivity contribution < 1.29 is 38.9 Å². The van der Waals surface area contributed by atoms with Gasteiger partial charge < -0.3 is 24.5 Å². The van der Waals surface area contributed by atoms with Gasteiger partial charge in [0, 0.05) is 0 Å². The molecule has 0 aliphatic heterocycles. The molecule has 0 aliphatic rings. The number of rotatable bonds is 5. The number of aliphatic carboxylic acids is 2. The first-order valence-corrected chi connectivity index (χ1v) is 4.23. The summed E-state index contributed by atoms with van der Waals surface area (Å²) in [4.78, 5) is 40.5. The van der Waals surface area contributed by atoms with Crippen LogP contribution < -0.4 is 5.11 Å². The minimum Gasteiger partial charge on any atom is -0.539 e. The van der Waals surface area contributed by atoms with Crippen LogP contribution in [0.4, 0.5) is 0 Å². The zero-order chi connectivity index (χ0) is 12.6. The van der Waals surface area contributed by atoms with Gasteiger partial charge in [-0.2, -0.15) is 0 Å². The highest BCUT2D eigenvalue weighted by atomic mass is 16.6. The number of esters is 2. The summed E-state index contributed by atoms with van der Waals surface area (Å²) in [7, 11) is 0. The van der Waals surface area contributed by atoms with E-state index in [4.69, 9.17) is 5.11 Å². The van der Waals surface area contributed by atoms with Gasteiger partial charge in [-0.3, -0.25) is 0 Å². The zero-order valence-corrected chi connectivity index (χ0v) is 8.13. The molecule has 0 saturated heterocycles. The van der Waals surface area contributed by atoms with Crippen LogP contribution in [0.15, 0.2) is 0 Å². The fourth-order valence-corrected chi connectivity index (χ4v) is 0.655. The standard InChI is InChI=1S/C8H10O8/c9-5(10)7(13)15-3-1-2-4-16-8(14)6(11)12/h1-4H2,(H,9,10)(H,11,12)/p-1. The lowest BCUT2D eigenvalue weighted by molar-refractivity contribution is -0.303. The maximum atomic E-state index is 10.4. The molecule has 0 radical (unpaired) electrons. The Morgan fingerprint density at radius 3 is 1.75 bits per heavy atom. The first kappa shape index (κ1) is 13.9. The average molecular weight is 233 g/mol. The van der Waals surface area contributed by atoms with Crippen molar-refractivity contribution in [1.29, 1.82) is 0 Å². The van der Waals surface area contributed by atoms with Crippen molar-refractivity contribution in [3.05, 3.63) is 0 Å². The predicted molar refractivity (Wildman–Crippen MR) is 43.8 cm³/mol. The summed E-state index contributed by atoms with van der Waals surface area (Å²) >= 11 is 0. The molecule has 0 aromatic carbocycles. The van der Waals surface area contributed by atoms with Gasteiger partial charge in [-0.1, -0.05) is 0 Å². The Labute approximate surface area is 89.8 Å². The van der Waals surface area contributed by atoms with Gasteiger partial charge in [-0.25, -0.2) is 14.4 Å². The second-order valence-corrected chi connectivity index (χ2v) is 2.57. The number of hydrogen-bond donors (Lipinski definition) is 1. The topological polar surface area (TPSA) is 130 Å². The molecule has 0 spiro atoms. The van der Waals surface area contributed by atoms with Crippen molar-refractivity contribution in [2.75, 3.05) is 13.2 Å². The molecule has 0 saturated carbocycles. The maximum absolute atomic E-state index is 10.4. The van der Waals surface area contributed by atoms with Crippen LogP contribution in [0.2, 0.25) is 0 Å². The predicted octanol–water partition coefficient (Wildman–Crippen LogP) is -2.31. The highest BCUT2D eigenvalue weighted by Gasteiger charge is 2.11. The molecule has 0 amide bonds. The van der Waals surface area contributed by atoms with E-state index in [0.717, 1.165) is 0 Å². The summed E-state index contributed by atoms with van der Waals surface area (Å²) in [5.41, 5.74) is 0. The van der Waals surface area contributed by atoms with E-state index in [1.54, 1.807) is 0 Å². The summed E-state index contributed by atoms with van der Waals surface area (Å²) in [5.74, 6) is -6.46. The van der Waals surface area contributed by atoms with E-state index in [9.17, 15) is 24.3 Å². The monoisotopic (exact) mass is 233 g/mol. The van der Waals surface area contributed by atoms with Gasteiger partial charge in [-0.15, -0.1) is 0 Å². The average Bonchev–Trinajstić information content (AvgIpc) is 2.21. The molecule has 0 aromatic heterocycles. The largest absolute Gasteiger partial charge is 0.539 e. The van der Waals surface area contributed by atoms with Crippen LogP contribution in [0, 0.1) is 0 Å². The molecule has 0 unspecified atom stereocenters. The summed E-state index contributed by atoms with van der Waals surface area (Å²) in [5, 5.41) is 18.0. The van der Waals surface area contributed by atoms with Gasteiger partial charge in [0.15, 0.2) is 5.97 Å². The fourth-order valence-electron chi connectivity index (χ4n) is 0.655. The summed E-state index contributed by atoms with van der Waals surface area (Å²) < 4.78 is 8.45. The van der Waals surface area contributed by atoms with Crippen molar-refractivity contribution in [2.45, 2.75) is 12.8 Å². The van der Waals surface area contributed by atoms with E-state index >= 15 is 0 Å². The highest BCUT2D eigenvalue weighted by molar-refractivity contribution is 6.28. The minimum atomic E-state index is -1.93. The van der Waals surface area contributed by atoms with Gasteiger partial charge >= 0.3 is 17.9 Å².